The van der Waals surface area contributed by atoms with Crippen LogP contribution in [0.1, 0.15) is 24.8 Å². The summed E-state index contributed by atoms with van der Waals surface area (Å²) in [4.78, 5) is 12.7. The first-order chi connectivity index (χ1) is 9.65. The number of nitro groups is 1. The largest absolute Gasteiger partial charge is 0.396 e. The van der Waals surface area contributed by atoms with Crippen LogP contribution in [0.25, 0.3) is 0 Å². The molecule has 0 spiro atoms. The van der Waals surface area contributed by atoms with Crippen LogP contribution >= 0.6 is 0 Å². The summed E-state index contributed by atoms with van der Waals surface area (Å²) in [5.74, 6) is 0.346. The summed E-state index contributed by atoms with van der Waals surface area (Å²) in [5, 5.41) is 29.1. The molecule has 1 aliphatic heterocycles. The Morgan fingerprint density at radius 3 is 3.00 bits per heavy atom. The molecular weight excluding hydrogens is 258 g/mol. The Morgan fingerprint density at radius 2 is 2.35 bits per heavy atom. The van der Waals surface area contributed by atoms with Crippen molar-refractivity contribution >= 4 is 11.4 Å². The number of nitriles is 1. The van der Waals surface area contributed by atoms with E-state index in [0.717, 1.165) is 19.4 Å². The third-order valence-electron chi connectivity index (χ3n) is 3.70. The highest BCUT2D eigenvalue weighted by molar-refractivity contribution is 5.66. The van der Waals surface area contributed by atoms with Crippen LogP contribution in [0, 0.1) is 27.4 Å². The minimum absolute atomic E-state index is 0.0358. The molecule has 0 bridgehead atoms. The normalized spacial score (nSPS) is 18.6. The van der Waals surface area contributed by atoms with Gasteiger partial charge in [0.25, 0.3) is 5.69 Å². The predicted molar refractivity (Wildman–Crippen MR) is 74.5 cm³/mol. The van der Waals surface area contributed by atoms with E-state index in [4.69, 9.17) is 10.4 Å². The van der Waals surface area contributed by atoms with Crippen LogP contribution in [0.3, 0.4) is 0 Å². The Kier molecular flexibility index (Phi) is 4.53. The van der Waals surface area contributed by atoms with Gasteiger partial charge in [-0.3, -0.25) is 10.1 Å². The van der Waals surface area contributed by atoms with Crippen LogP contribution in [-0.2, 0) is 0 Å². The van der Waals surface area contributed by atoms with Gasteiger partial charge in [0, 0.05) is 25.8 Å². The molecule has 6 nitrogen and oxygen atoms in total. The van der Waals surface area contributed by atoms with Crippen LogP contribution in [0.2, 0.25) is 0 Å². The van der Waals surface area contributed by atoms with E-state index in [1.165, 1.54) is 12.1 Å². The highest BCUT2D eigenvalue weighted by Gasteiger charge is 2.25. The van der Waals surface area contributed by atoms with Gasteiger partial charge >= 0.3 is 0 Å². The molecule has 1 heterocycles. The lowest BCUT2D eigenvalue weighted by Gasteiger charge is -2.33. The molecule has 0 saturated carbocycles. The van der Waals surface area contributed by atoms with Crippen molar-refractivity contribution in [2.24, 2.45) is 5.92 Å². The monoisotopic (exact) mass is 275 g/mol. The van der Waals surface area contributed by atoms with Crippen LogP contribution in [0.5, 0.6) is 0 Å². The van der Waals surface area contributed by atoms with E-state index in [0.29, 0.717) is 30.1 Å². The van der Waals surface area contributed by atoms with Crippen LogP contribution in [0.15, 0.2) is 18.2 Å². The Hall–Kier alpha value is -2.13. The Labute approximate surface area is 117 Å². The van der Waals surface area contributed by atoms with Gasteiger partial charge in [-0.05, 0) is 37.3 Å². The minimum Gasteiger partial charge on any atom is -0.396 e. The number of nitro benzene ring substituents is 1. The Morgan fingerprint density at radius 1 is 1.55 bits per heavy atom. The quantitative estimate of drug-likeness (QED) is 0.671. The van der Waals surface area contributed by atoms with Crippen LogP contribution in [-0.4, -0.2) is 29.7 Å². The molecule has 106 valence electrons. The van der Waals surface area contributed by atoms with Crippen molar-refractivity contribution < 1.29 is 10.0 Å². The lowest BCUT2D eigenvalue weighted by atomic mass is 9.94. The van der Waals surface area contributed by atoms with Gasteiger partial charge in [-0.25, -0.2) is 0 Å². The molecule has 1 aromatic carbocycles. The number of hydrogen-bond acceptors (Lipinski definition) is 5. The minimum atomic E-state index is -0.411. The number of piperidine rings is 1. The Bertz CT molecular complexity index is 537. The molecule has 1 N–H and O–H groups in total. The molecule has 1 fully saturated rings. The smallest absolute Gasteiger partial charge is 0.292 e. The first-order valence-electron chi connectivity index (χ1n) is 6.70. The number of aliphatic hydroxyl groups is 1. The number of anilines is 1. The lowest BCUT2D eigenvalue weighted by Crippen LogP contribution is -2.36. The topological polar surface area (TPSA) is 90.4 Å². The SMILES string of the molecule is N#Cc1ccc([N+](=O)[O-])c(N2CCCC(CCO)C2)c1. The van der Waals surface area contributed by atoms with Gasteiger partial charge in [-0.15, -0.1) is 0 Å². The van der Waals surface area contributed by atoms with E-state index in [1.54, 1.807) is 6.07 Å². The molecule has 1 saturated heterocycles. The van der Waals surface area contributed by atoms with Gasteiger partial charge in [-0.2, -0.15) is 5.26 Å². The maximum absolute atomic E-state index is 11.1. The van der Waals surface area contributed by atoms with E-state index in [-0.39, 0.29) is 12.3 Å². The lowest BCUT2D eigenvalue weighted by molar-refractivity contribution is -0.384. The van der Waals surface area contributed by atoms with Crippen molar-refractivity contribution in [1.82, 2.24) is 0 Å². The molecule has 0 amide bonds. The number of hydrogen-bond donors (Lipinski definition) is 1. The van der Waals surface area contributed by atoms with Crippen molar-refractivity contribution in [3.8, 4) is 6.07 Å². The molecule has 1 unspecified atom stereocenters. The summed E-state index contributed by atoms with van der Waals surface area (Å²) < 4.78 is 0. The second kappa shape index (κ2) is 6.35. The van der Waals surface area contributed by atoms with Gasteiger partial charge in [0.15, 0.2) is 0 Å². The molecule has 0 aromatic heterocycles. The average molecular weight is 275 g/mol. The van der Waals surface area contributed by atoms with Crippen molar-refractivity contribution in [2.75, 3.05) is 24.6 Å². The summed E-state index contributed by atoms with van der Waals surface area (Å²) in [7, 11) is 0. The van der Waals surface area contributed by atoms with Crippen molar-refractivity contribution in [2.45, 2.75) is 19.3 Å². The van der Waals surface area contributed by atoms with E-state index in [9.17, 15) is 10.1 Å². The number of benzene rings is 1. The first-order valence-corrected chi connectivity index (χ1v) is 6.70. The first kappa shape index (κ1) is 14.3. The summed E-state index contributed by atoms with van der Waals surface area (Å²) >= 11 is 0. The van der Waals surface area contributed by atoms with Gasteiger partial charge in [0.1, 0.15) is 5.69 Å². The molecule has 1 aliphatic rings. The fourth-order valence-electron chi connectivity index (χ4n) is 2.70. The fourth-order valence-corrected chi connectivity index (χ4v) is 2.70. The molecule has 20 heavy (non-hydrogen) atoms. The maximum atomic E-state index is 11.1. The fraction of sp³-hybridized carbons (Fsp3) is 0.500. The number of rotatable bonds is 4. The molecule has 1 aromatic rings. The van der Waals surface area contributed by atoms with Crippen molar-refractivity contribution in [3.63, 3.8) is 0 Å². The van der Waals surface area contributed by atoms with Gasteiger partial charge in [0.05, 0.1) is 16.6 Å². The third-order valence-corrected chi connectivity index (χ3v) is 3.70. The Balaban J connectivity index is 2.30. The predicted octanol–water partition coefficient (Wildman–Crippen LogP) is 2.07. The molecule has 0 aliphatic carbocycles. The zero-order chi connectivity index (χ0) is 14.5. The number of aliphatic hydroxyl groups excluding tert-OH is 1. The molecule has 2 rings (SSSR count). The molecule has 6 heteroatoms. The molecule has 1 atom stereocenters. The van der Waals surface area contributed by atoms with Crippen LogP contribution in [0.4, 0.5) is 11.4 Å². The second-order valence-electron chi connectivity index (χ2n) is 5.04. The molecular formula is C14H17N3O3. The summed E-state index contributed by atoms with van der Waals surface area (Å²) in [6.45, 7) is 1.58. The zero-order valence-corrected chi connectivity index (χ0v) is 11.2. The van der Waals surface area contributed by atoms with Gasteiger partial charge in [-0.1, -0.05) is 0 Å². The maximum Gasteiger partial charge on any atom is 0.292 e. The van der Waals surface area contributed by atoms with Gasteiger partial charge in [0.2, 0.25) is 0 Å². The van der Waals surface area contributed by atoms with Gasteiger partial charge < -0.3 is 10.0 Å². The second-order valence-corrected chi connectivity index (χ2v) is 5.04. The van der Waals surface area contributed by atoms with Crippen molar-refractivity contribution in [1.29, 1.82) is 5.26 Å². The van der Waals surface area contributed by atoms with E-state index in [1.807, 2.05) is 11.0 Å². The van der Waals surface area contributed by atoms with E-state index in [2.05, 4.69) is 0 Å². The zero-order valence-electron chi connectivity index (χ0n) is 11.2. The summed E-state index contributed by atoms with van der Waals surface area (Å²) in [6.07, 6.45) is 2.68. The standard InChI is InChI=1S/C14H17N3O3/c15-9-12-3-4-13(17(19)20)14(8-12)16-6-1-2-11(10-16)5-7-18/h3-4,8,11,18H,1-2,5-7,10H2. The highest BCUT2D eigenvalue weighted by Crippen LogP contribution is 2.33. The average Bonchev–Trinajstić information content (AvgIpc) is 2.47. The van der Waals surface area contributed by atoms with Crippen molar-refractivity contribution in [3.05, 3.63) is 33.9 Å². The van der Waals surface area contributed by atoms with E-state index >= 15 is 0 Å². The summed E-state index contributed by atoms with van der Waals surface area (Å²) in [5.41, 5.74) is 0.972. The number of nitrogens with zero attached hydrogens (tertiary/aromatic N) is 3. The third kappa shape index (κ3) is 3.06. The van der Waals surface area contributed by atoms with E-state index < -0.39 is 4.92 Å². The summed E-state index contributed by atoms with van der Waals surface area (Å²) in [6, 6.07) is 6.46. The molecule has 0 radical (unpaired) electrons. The highest BCUT2D eigenvalue weighted by atomic mass is 16.6. The van der Waals surface area contributed by atoms with Crippen LogP contribution < -0.4 is 4.90 Å².